The van der Waals surface area contributed by atoms with Gasteiger partial charge in [-0.15, -0.1) is 11.3 Å². The van der Waals surface area contributed by atoms with Gasteiger partial charge in [-0.2, -0.15) is 0 Å². The molecule has 0 bridgehead atoms. The average Bonchev–Trinajstić information content (AvgIpc) is 3.35. The summed E-state index contributed by atoms with van der Waals surface area (Å²) in [5.41, 5.74) is 1.41. The third-order valence-electron chi connectivity index (χ3n) is 3.53. The third kappa shape index (κ3) is 4.51. The summed E-state index contributed by atoms with van der Waals surface area (Å²) in [6.45, 7) is -0.327. The second-order valence-corrected chi connectivity index (χ2v) is 6.28. The van der Waals surface area contributed by atoms with E-state index in [0.717, 1.165) is 0 Å². The van der Waals surface area contributed by atoms with Gasteiger partial charge in [0.05, 0.1) is 23.8 Å². The van der Waals surface area contributed by atoms with Crippen LogP contribution in [0.3, 0.4) is 0 Å². The van der Waals surface area contributed by atoms with E-state index in [9.17, 15) is 19.7 Å². The number of rotatable bonds is 7. The van der Waals surface area contributed by atoms with Crippen LogP contribution in [0.5, 0.6) is 5.75 Å². The predicted octanol–water partition coefficient (Wildman–Crippen LogP) is 2.85. The fourth-order valence-electron chi connectivity index (χ4n) is 2.22. The number of nitro groups is 1. The number of amides is 1. The van der Waals surface area contributed by atoms with Gasteiger partial charge in [-0.05, 0) is 12.1 Å². The van der Waals surface area contributed by atoms with Crippen LogP contribution in [0.2, 0.25) is 0 Å². The number of methoxy groups -OCH3 is 1. The number of carbonyl (C=O) groups is 2. The Labute approximate surface area is 162 Å². The summed E-state index contributed by atoms with van der Waals surface area (Å²) in [6, 6.07) is 7.15. The lowest BCUT2D eigenvalue weighted by molar-refractivity contribution is -0.384. The monoisotopic (exact) mass is 402 g/mol. The van der Waals surface area contributed by atoms with E-state index >= 15 is 0 Å². The first-order chi connectivity index (χ1) is 13.5. The van der Waals surface area contributed by atoms with Gasteiger partial charge >= 0.3 is 5.97 Å². The number of anilines is 1. The van der Waals surface area contributed by atoms with E-state index in [1.807, 2.05) is 0 Å². The van der Waals surface area contributed by atoms with E-state index in [1.165, 1.54) is 42.7 Å². The van der Waals surface area contributed by atoms with Gasteiger partial charge < -0.3 is 14.5 Å². The van der Waals surface area contributed by atoms with Gasteiger partial charge in [0.25, 0.3) is 11.6 Å². The van der Waals surface area contributed by atoms with Gasteiger partial charge in [-0.1, -0.05) is 6.07 Å². The van der Waals surface area contributed by atoms with E-state index < -0.39 is 16.8 Å². The van der Waals surface area contributed by atoms with Crippen LogP contribution in [0.1, 0.15) is 10.5 Å². The number of hydrogen-bond donors (Lipinski definition) is 2. The highest BCUT2D eigenvalue weighted by atomic mass is 32.1. The first-order valence-electron chi connectivity index (χ1n) is 7.86. The Morgan fingerprint density at radius 1 is 1.36 bits per heavy atom. The molecule has 0 aliphatic rings. The number of carbonyl (C=O) groups excluding carboxylic acids is 2. The first-order valence-corrected chi connectivity index (χ1v) is 8.74. The zero-order chi connectivity index (χ0) is 20.1. The number of hydrogen-bond acceptors (Lipinski definition) is 8. The minimum atomic E-state index is -0.545. The normalized spacial score (nSPS) is 10.3. The van der Waals surface area contributed by atoms with Crippen LogP contribution in [0.25, 0.3) is 11.3 Å². The summed E-state index contributed by atoms with van der Waals surface area (Å²) in [7, 11) is 1.29. The molecule has 2 N–H and O–H groups in total. The van der Waals surface area contributed by atoms with Gasteiger partial charge in [0.2, 0.25) is 0 Å². The maximum absolute atomic E-state index is 12.0. The largest absolute Gasteiger partial charge is 0.484 e. The van der Waals surface area contributed by atoms with Crippen molar-refractivity contribution in [3.63, 3.8) is 0 Å². The Bertz CT molecular complexity index is 1030. The number of aromatic amines is 1. The molecule has 0 aliphatic carbocycles. The molecular weight excluding hydrogens is 388 g/mol. The second kappa shape index (κ2) is 8.31. The standard InChI is InChI=1S/C17H14N4O6S/c1-26-16(23)13-5-10(7-18-13)14-9-28-17(19-14)20-15(22)8-27-12-4-2-3-11(6-12)21(24)25/h2-7,9,18H,8H2,1H3,(H,19,20,22). The lowest BCUT2D eigenvalue weighted by atomic mass is 10.2. The molecule has 2 aromatic heterocycles. The van der Waals surface area contributed by atoms with E-state index in [0.29, 0.717) is 22.1 Å². The molecule has 3 aromatic rings. The molecule has 11 heteroatoms. The van der Waals surface area contributed by atoms with E-state index in [1.54, 1.807) is 17.6 Å². The van der Waals surface area contributed by atoms with Crippen LogP contribution in [0, 0.1) is 10.1 Å². The van der Waals surface area contributed by atoms with Crippen LogP contribution in [-0.2, 0) is 9.53 Å². The molecule has 1 amide bonds. The molecule has 0 radical (unpaired) electrons. The molecule has 144 valence electrons. The Morgan fingerprint density at radius 2 is 2.18 bits per heavy atom. The molecule has 0 spiro atoms. The average molecular weight is 402 g/mol. The van der Waals surface area contributed by atoms with Gasteiger partial charge in [0.1, 0.15) is 11.4 Å². The maximum atomic E-state index is 12.0. The first kappa shape index (κ1) is 19.0. The minimum absolute atomic E-state index is 0.125. The fourth-order valence-corrected chi connectivity index (χ4v) is 2.96. The Balaban J connectivity index is 1.58. The van der Waals surface area contributed by atoms with E-state index in [2.05, 4.69) is 20.0 Å². The Morgan fingerprint density at radius 3 is 2.93 bits per heavy atom. The number of nitro benzene ring substituents is 1. The van der Waals surface area contributed by atoms with Gasteiger partial charge in [-0.3, -0.25) is 20.2 Å². The van der Waals surface area contributed by atoms with Crippen molar-refractivity contribution in [3.05, 3.63) is 57.7 Å². The fraction of sp³-hybridized carbons (Fsp3) is 0.118. The van der Waals surface area contributed by atoms with Crippen molar-refractivity contribution < 1.29 is 24.0 Å². The van der Waals surface area contributed by atoms with Crippen LogP contribution >= 0.6 is 11.3 Å². The Kier molecular flexibility index (Phi) is 5.65. The summed E-state index contributed by atoms with van der Waals surface area (Å²) < 4.78 is 9.90. The van der Waals surface area contributed by atoms with Gasteiger partial charge in [0, 0.05) is 23.2 Å². The number of thiazole rings is 1. The molecule has 28 heavy (non-hydrogen) atoms. The zero-order valence-electron chi connectivity index (χ0n) is 14.5. The van der Waals surface area contributed by atoms with Crippen molar-refractivity contribution in [2.75, 3.05) is 19.0 Å². The summed E-state index contributed by atoms with van der Waals surface area (Å²) in [4.78, 5) is 40.8. The number of ether oxygens (including phenoxy) is 2. The summed E-state index contributed by atoms with van der Waals surface area (Å²) >= 11 is 1.21. The highest BCUT2D eigenvalue weighted by Gasteiger charge is 2.13. The van der Waals surface area contributed by atoms with Crippen molar-refractivity contribution >= 4 is 34.0 Å². The van der Waals surface area contributed by atoms with E-state index in [-0.39, 0.29) is 18.0 Å². The lowest BCUT2D eigenvalue weighted by Gasteiger charge is -2.05. The summed E-state index contributed by atoms with van der Waals surface area (Å²) in [5.74, 6) is -0.739. The molecule has 1 aromatic carbocycles. The number of non-ortho nitro benzene ring substituents is 1. The second-order valence-electron chi connectivity index (χ2n) is 5.42. The SMILES string of the molecule is COC(=O)c1cc(-c2csc(NC(=O)COc3cccc([N+](=O)[O-])c3)n2)c[nH]1. The molecule has 10 nitrogen and oxygen atoms in total. The topological polar surface area (TPSA) is 136 Å². The van der Waals surface area contributed by atoms with Crippen LogP contribution < -0.4 is 10.1 Å². The predicted molar refractivity (Wildman–Crippen MR) is 100 cm³/mol. The van der Waals surface area contributed by atoms with Crippen molar-refractivity contribution in [3.8, 4) is 17.0 Å². The minimum Gasteiger partial charge on any atom is -0.484 e. The molecule has 0 saturated heterocycles. The molecule has 3 rings (SSSR count). The zero-order valence-corrected chi connectivity index (χ0v) is 15.3. The third-order valence-corrected chi connectivity index (χ3v) is 4.29. The van der Waals surface area contributed by atoms with Crippen LogP contribution in [0.4, 0.5) is 10.8 Å². The summed E-state index contributed by atoms with van der Waals surface area (Å²) in [5, 5.41) is 15.4. The smallest absolute Gasteiger partial charge is 0.354 e. The lowest BCUT2D eigenvalue weighted by Crippen LogP contribution is -2.20. The summed E-state index contributed by atoms with van der Waals surface area (Å²) in [6.07, 6.45) is 1.61. The highest BCUT2D eigenvalue weighted by Crippen LogP contribution is 2.26. The molecule has 2 heterocycles. The molecule has 0 fully saturated rings. The Hall–Kier alpha value is -3.73. The maximum Gasteiger partial charge on any atom is 0.354 e. The van der Waals surface area contributed by atoms with Crippen molar-refractivity contribution in [2.45, 2.75) is 0 Å². The number of nitrogens with one attached hydrogen (secondary N) is 2. The molecule has 0 aliphatic heterocycles. The van der Waals surface area contributed by atoms with Crippen LogP contribution in [-0.4, -0.2) is 40.5 Å². The quantitative estimate of drug-likeness (QED) is 0.352. The molecule has 0 saturated carbocycles. The van der Waals surface area contributed by atoms with Crippen molar-refractivity contribution in [1.82, 2.24) is 9.97 Å². The van der Waals surface area contributed by atoms with Gasteiger partial charge in [-0.25, -0.2) is 9.78 Å². The van der Waals surface area contributed by atoms with Crippen LogP contribution in [0.15, 0.2) is 41.9 Å². The molecule has 0 unspecified atom stereocenters. The highest BCUT2D eigenvalue weighted by molar-refractivity contribution is 7.14. The number of benzene rings is 1. The number of H-pyrrole nitrogens is 1. The van der Waals surface area contributed by atoms with Crippen molar-refractivity contribution in [1.29, 1.82) is 0 Å². The molecule has 0 atom stereocenters. The van der Waals surface area contributed by atoms with Gasteiger partial charge in [0.15, 0.2) is 11.7 Å². The number of nitrogens with zero attached hydrogens (tertiary/aromatic N) is 2. The van der Waals surface area contributed by atoms with Crippen molar-refractivity contribution in [2.24, 2.45) is 0 Å². The number of aromatic nitrogens is 2. The molecular formula is C17H14N4O6S. The van der Waals surface area contributed by atoms with E-state index in [4.69, 9.17) is 4.74 Å². The number of esters is 1.